The summed E-state index contributed by atoms with van der Waals surface area (Å²) in [5.41, 5.74) is 0. The smallest absolute Gasteiger partial charge is 0.0616 e. The summed E-state index contributed by atoms with van der Waals surface area (Å²) in [7, 11) is 0. The van der Waals surface area contributed by atoms with Gasteiger partial charge in [0.1, 0.15) is 0 Å². The zero-order valence-corrected chi connectivity index (χ0v) is 9.96. The SMILES string of the molecule is C#CCC(NCCC)C1CCOC1CC. The van der Waals surface area contributed by atoms with Crippen molar-refractivity contribution < 1.29 is 4.74 Å². The molecule has 2 heteroatoms. The van der Waals surface area contributed by atoms with E-state index in [1.54, 1.807) is 0 Å². The van der Waals surface area contributed by atoms with Crippen LogP contribution in [0.4, 0.5) is 0 Å². The van der Waals surface area contributed by atoms with Crippen molar-refractivity contribution in [1.29, 1.82) is 0 Å². The van der Waals surface area contributed by atoms with Gasteiger partial charge in [-0.1, -0.05) is 13.8 Å². The lowest BCUT2D eigenvalue weighted by atomic mass is 9.89. The predicted octanol–water partition coefficient (Wildman–Crippen LogP) is 2.19. The third-order valence-electron chi connectivity index (χ3n) is 3.17. The van der Waals surface area contributed by atoms with Gasteiger partial charge in [-0.2, -0.15) is 0 Å². The molecule has 0 bridgehead atoms. The van der Waals surface area contributed by atoms with E-state index in [1.165, 1.54) is 0 Å². The summed E-state index contributed by atoms with van der Waals surface area (Å²) >= 11 is 0. The van der Waals surface area contributed by atoms with E-state index in [9.17, 15) is 0 Å². The van der Waals surface area contributed by atoms with Crippen molar-refractivity contribution in [3.05, 3.63) is 0 Å². The van der Waals surface area contributed by atoms with Gasteiger partial charge < -0.3 is 10.1 Å². The fourth-order valence-electron chi connectivity index (χ4n) is 2.38. The number of ether oxygens (including phenoxy) is 1. The highest BCUT2D eigenvalue weighted by Gasteiger charge is 2.32. The normalized spacial score (nSPS) is 27.5. The lowest BCUT2D eigenvalue weighted by Crippen LogP contribution is -2.40. The van der Waals surface area contributed by atoms with Crippen molar-refractivity contribution in [2.45, 2.75) is 51.7 Å². The number of hydrogen-bond acceptors (Lipinski definition) is 2. The standard InChI is InChI=1S/C13H23NO/c1-4-7-12(14-9-5-2)11-8-10-15-13(11)6-3/h1,11-14H,5-10H2,2-3H3. The number of nitrogens with one attached hydrogen (secondary N) is 1. The third-order valence-corrected chi connectivity index (χ3v) is 3.17. The first-order chi connectivity index (χ1) is 7.33. The van der Waals surface area contributed by atoms with Crippen molar-refractivity contribution in [2.24, 2.45) is 5.92 Å². The van der Waals surface area contributed by atoms with E-state index in [-0.39, 0.29) is 0 Å². The van der Waals surface area contributed by atoms with E-state index in [1.807, 2.05) is 0 Å². The maximum absolute atomic E-state index is 5.71. The van der Waals surface area contributed by atoms with Crippen LogP contribution >= 0.6 is 0 Å². The molecule has 3 atom stereocenters. The van der Waals surface area contributed by atoms with Crippen molar-refractivity contribution in [2.75, 3.05) is 13.2 Å². The van der Waals surface area contributed by atoms with Crippen LogP contribution in [-0.2, 0) is 4.74 Å². The van der Waals surface area contributed by atoms with Crippen LogP contribution < -0.4 is 5.32 Å². The molecule has 0 aromatic carbocycles. The molecular weight excluding hydrogens is 186 g/mol. The Kier molecular flexibility index (Phi) is 5.75. The second-order valence-electron chi connectivity index (χ2n) is 4.24. The lowest BCUT2D eigenvalue weighted by molar-refractivity contribution is 0.0780. The van der Waals surface area contributed by atoms with Crippen molar-refractivity contribution in [3.63, 3.8) is 0 Å². The Bertz CT molecular complexity index is 209. The highest BCUT2D eigenvalue weighted by molar-refractivity contribution is 4.95. The first-order valence-electron chi connectivity index (χ1n) is 6.11. The molecule has 3 unspecified atom stereocenters. The minimum atomic E-state index is 0.410. The van der Waals surface area contributed by atoms with Crippen LogP contribution in [-0.4, -0.2) is 25.3 Å². The van der Waals surface area contributed by atoms with Crippen LogP contribution in [0.15, 0.2) is 0 Å². The van der Waals surface area contributed by atoms with E-state index in [0.717, 1.165) is 38.8 Å². The molecule has 2 nitrogen and oxygen atoms in total. The van der Waals surface area contributed by atoms with Gasteiger partial charge >= 0.3 is 0 Å². The quantitative estimate of drug-likeness (QED) is 0.677. The first kappa shape index (κ1) is 12.5. The molecule has 86 valence electrons. The molecule has 1 rings (SSSR count). The Balaban J connectivity index is 2.49. The maximum Gasteiger partial charge on any atom is 0.0616 e. The summed E-state index contributed by atoms with van der Waals surface area (Å²) < 4.78 is 5.71. The second-order valence-corrected chi connectivity index (χ2v) is 4.24. The monoisotopic (exact) mass is 209 g/mol. The van der Waals surface area contributed by atoms with Crippen LogP contribution in [0.2, 0.25) is 0 Å². The number of terminal acetylenes is 1. The van der Waals surface area contributed by atoms with Crippen LogP contribution in [0.1, 0.15) is 39.5 Å². The van der Waals surface area contributed by atoms with E-state index in [0.29, 0.717) is 18.1 Å². The summed E-state index contributed by atoms with van der Waals surface area (Å²) in [5, 5.41) is 3.55. The van der Waals surface area contributed by atoms with Gasteiger partial charge in [0.15, 0.2) is 0 Å². The summed E-state index contributed by atoms with van der Waals surface area (Å²) in [6, 6.07) is 0.447. The molecule has 0 amide bonds. The topological polar surface area (TPSA) is 21.3 Å². The third kappa shape index (κ3) is 3.52. The Morgan fingerprint density at radius 3 is 2.93 bits per heavy atom. The highest BCUT2D eigenvalue weighted by Crippen LogP contribution is 2.27. The summed E-state index contributed by atoms with van der Waals surface area (Å²) in [4.78, 5) is 0. The molecule has 0 aliphatic carbocycles. The maximum atomic E-state index is 5.71. The molecular formula is C13H23NO. The number of rotatable bonds is 6. The zero-order chi connectivity index (χ0) is 11.1. The first-order valence-corrected chi connectivity index (χ1v) is 6.11. The molecule has 0 radical (unpaired) electrons. The van der Waals surface area contributed by atoms with E-state index < -0.39 is 0 Å². The average molecular weight is 209 g/mol. The van der Waals surface area contributed by atoms with Gasteiger partial charge in [0, 0.05) is 25.0 Å². The molecule has 1 heterocycles. The summed E-state index contributed by atoms with van der Waals surface area (Å²) in [5.74, 6) is 3.39. The van der Waals surface area contributed by atoms with Gasteiger partial charge in [-0.25, -0.2) is 0 Å². The Morgan fingerprint density at radius 2 is 2.33 bits per heavy atom. The Morgan fingerprint density at radius 1 is 1.53 bits per heavy atom. The van der Waals surface area contributed by atoms with E-state index >= 15 is 0 Å². The van der Waals surface area contributed by atoms with Gasteiger partial charge in [0.25, 0.3) is 0 Å². The van der Waals surface area contributed by atoms with E-state index in [4.69, 9.17) is 11.2 Å². The fraction of sp³-hybridized carbons (Fsp3) is 0.846. The van der Waals surface area contributed by atoms with Gasteiger partial charge in [-0.05, 0) is 25.8 Å². The Hall–Kier alpha value is -0.520. The molecule has 0 spiro atoms. The molecule has 1 aliphatic rings. The van der Waals surface area contributed by atoms with Crippen LogP contribution in [0, 0.1) is 18.3 Å². The summed E-state index contributed by atoms with van der Waals surface area (Å²) in [6.07, 6.45) is 10.1. The second kappa shape index (κ2) is 6.87. The minimum Gasteiger partial charge on any atom is -0.378 e. The van der Waals surface area contributed by atoms with Crippen molar-refractivity contribution in [3.8, 4) is 12.3 Å². The molecule has 0 saturated carbocycles. The van der Waals surface area contributed by atoms with Crippen molar-refractivity contribution in [1.82, 2.24) is 5.32 Å². The minimum absolute atomic E-state index is 0.410. The molecule has 1 aliphatic heterocycles. The zero-order valence-electron chi connectivity index (χ0n) is 9.96. The van der Waals surface area contributed by atoms with Gasteiger partial charge in [0.2, 0.25) is 0 Å². The van der Waals surface area contributed by atoms with Crippen molar-refractivity contribution >= 4 is 0 Å². The van der Waals surface area contributed by atoms with Crippen LogP contribution in [0.5, 0.6) is 0 Å². The van der Waals surface area contributed by atoms with Crippen LogP contribution in [0.25, 0.3) is 0 Å². The summed E-state index contributed by atoms with van der Waals surface area (Å²) in [6.45, 7) is 6.33. The van der Waals surface area contributed by atoms with E-state index in [2.05, 4.69) is 25.1 Å². The van der Waals surface area contributed by atoms with Gasteiger partial charge in [0.05, 0.1) is 6.10 Å². The molecule has 1 saturated heterocycles. The molecule has 1 fully saturated rings. The lowest BCUT2D eigenvalue weighted by Gasteiger charge is -2.26. The average Bonchev–Trinajstić information content (AvgIpc) is 2.72. The van der Waals surface area contributed by atoms with Crippen LogP contribution in [0.3, 0.4) is 0 Å². The largest absolute Gasteiger partial charge is 0.378 e. The predicted molar refractivity (Wildman–Crippen MR) is 63.7 cm³/mol. The highest BCUT2D eigenvalue weighted by atomic mass is 16.5. The van der Waals surface area contributed by atoms with Gasteiger partial charge in [-0.3, -0.25) is 0 Å². The molecule has 1 N–H and O–H groups in total. The molecule has 15 heavy (non-hydrogen) atoms. The molecule has 0 aromatic rings. The fourth-order valence-corrected chi connectivity index (χ4v) is 2.38. The Labute approximate surface area is 93.8 Å². The molecule has 0 aromatic heterocycles. The van der Waals surface area contributed by atoms with Gasteiger partial charge in [-0.15, -0.1) is 12.3 Å². The number of hydrogen-bond donors (Lipinski definition) is 1.